The first kappa shape index (κ1) is 10.8. The zero-order chi connectivity index (χ0) is 10.0. The lowest BCUT2D eigenvalue weighted by atomic mass is 9.99. The second-order valence-electron chi connectivity index (χ2n) is 2.99. The third-order valence-electron chi connectivity index (χ3n) is 2.13. The molecular formula is C7H15NO5. The fourth-order valence-corrected chi connectivity index (χ4v) is 1.31. The summed E-state index contributed by atoms with van der Waals surface area (Å²) >= 11 is 0. The van der Waals surface area contributed by atoms with Crippen LogP contribution < -0.4 is 5.73 Å². The minimum Gasteiger partial charge on any atom is -0.388 e. The zero-order valence-corrected chi connectivity index (χ0v) is 7.33. The highest BCUT2D eigenvalue weighted by Crippen LogP contribution is 2.20. The standard InChI is InChI=1S/C7H15NO5/c1-12-7-6(11)5(10)4(9)3(2-8)13-7/h3-7,9-11H,2,8H2,1H3/t3?,4-,5?,6-,7?/m1/s1. The molecule has 0 aliphatic carbocycles. The van der Waals surface area contributed by atoms with E-state index in [1.807, 2.05) is 0 Å². The summed E-state index contributed by atoms with van der Waals surface area (Å²) in [7, 11) is 1.34. The van der Waals surface area contributed by atoms with E-state index in [0.717, 1.165) is 0 Å². The molecule has 0 saturated carbocycles. The molecule has 1 fully saturated rings. The summed E-state index contributed by atoms with van der Waals surface area (Å²) in [6, 6.07) is 0. The lowest BCUT2D eigenvalue weighted by Gasteiger charge is -2.39. The minimum atomic E-state index is -1.28. The summed E-state index contributed by atoms with van der Waals surface area (Å²) in [5, 5.41) is 28.0. The van der Waals surface area contributed by atoms with Gasteiger partial charge >= 0.3 is 0 Å². The number of aliphatic hydroxyl groups excluding tert-OH is 3. The Kier molecular flexibility index (Phi) is 3.60. The Morgan fingerprint density at radius 1 is 1.23 bits per heavy atom. The molecular weight excluding hydrogens is 178 g/mol. The number of ether oxygens (including phenoxy) is 2. The fourth-order valence-electron chi connectivity index (χ4n) is 1.31. The Morgan fingerprint density at radius 3 is 2.31 bits per heavy atom. The Hall–Kier alpha value is -0.240. The van der Waals surface area contributed by atoms with Gasteiger partial charge in [-0.25, -0.2) is 0 Å². The van der Waals surface area contributed by atoms with Crippen LogP contribution in [0.15, 0.2) is 0 Å². The summed E-state index contributed by atoms with van der Waals surface area (Å²) in [6.07, 6.45) is -5.35. The van der Waals surface area contributed by atoms with Gasteiger partial charge in [0.1, 0.15) is 24.4 Å². The van der Waals surface area contributed by atoms with E-state index < -0.39 is 30.7 Å². The van der Waals surface area contributed by atoms with E-state index in [1.54, 1.807) is 0 Å². The largest absolute Gasteiger partial charge is 0.388 e. The minimum absolute atomic E-state index is 0.0603. The molecule has 1 heterocycles. The molecule has 78 valence electrons. The molecule has 0 aromatic rings. The van der Waals surface area contributed by atoms with Gasteiger partial charge in [0, 0.05) is 13.7 Å². The van der Waals surface area contributed by atoms with Crippen molar-refractivity contribution < 1.29 is 24.8 Å². The van der Waals surface area contributed by atoms with E-state index in [0.29, 0.717) is 0 Å². The highest BCUT2D eigenvalue weighted by atomic mass is 16.7. The van der Waals surface area contributed by atoms with Crippen LogP contribution in [0.3, 0.4) is 0 Å². The van der Waals surface area contributed by atoms with Crippen LogP contribution in [0.5, 0.6) is 0 Å². The van der Waals surface area contributed by atoms with Crippen LogP contribution in [0.25, 0.3) is 0 Å². The maximum atomic E-state index is 9.35. The molecule has 0 aromatic heterocycles. The van der Waals surface area contributed by atoms with Gasteiger partial charge in [-0.3, -0.25) is 0 Å². The van der Waals surface area contributed by atoms with Crippen molar-refractivity contribution in [1.29, 1.82) is 0 Å². The predicted octanol–water partition coefficient (Wildman–Crippen LogP) is -2.60. The van der Waals surface area contributed by atoms with Crippen LogP contribution in [0.2, 0.25) is 0 Å². The Bertz CT molecular complexity index is 147. The first-order chi connectivity index (χ1) is 6.11. The maximum absolute atomic E-state index is 9.35. The molecule has 0 bridgehead atoms. The van der Waals surface area contributed by atoms with Gasteiger partial charge in [0.15, 0.2) is 6.29 Å². The Labute approximate surface area is 75.9 Å². The van der Waals surface area contributed by atoms with Crippen molar-refractivity contribution in [3.63, 3.8) is 0 Å². The van der Waals surface area contributed by atoms with E-state index in [2.05, 4.69) is 0 Å². The number of rotatable bonds is 2. The van der Waals surface area contributed by atoms with E-state index in [-0.39, 0.29) is 6.54 Å². The van der Waals surface area contributed by atoms with Gasteiger partial charge in [-0.15, -0.1) is 0 Å². The predicted molar refractivity (Wildman–Crippen MR) is 42.7 cm³/mol. The Balaban J connectivity index is 2.66. The van der Waals surface area contributed by atoms with Crippen LogP contribution in [-0.4, -0.2) is 59.7 Å². The first-order valence-electron chi connectivity index (χ1n) is 4.04. The third kappa shape index (κ3) is 1.98. The molecule has 6 nitrogen and oxygen atoms in total. The SMILES string of the molecule is COC1OC(CN)[C@@H](O)C(O)[C@H]1O. The molecule has 0 radical (unpaired) electrons. The fraction of sp³-hybridized carbons (Fsp3) is 1.00. The van der Waals surface area contributed by atoms with Gasteiger partial charge in [0.2, 0.25) is 0 Å². The molecule has 0 aromatic carbocycles. The topological polar surface area (TPSA) is 105 Å². The second-order valence-corrected chi connectivity index (χ2v) is 2.99. The van der Waals surface area contributed by atoms with E-state index in [1.165, 1.54) is 7.11 Å². The van der Waals surface area contributed by atoms with Crippen molar-refractivity contribution >= 4 is 0 Å². The summed E-state index contributed by atoms with van der Waals surface area (Å²) in [6.45, 7) is 0.0603. The van der Waals surface area contributed by atoms with Crippen molar-refractivity contribution in [3.8, 4) is 0 Å². The number of aliphatic hydroxyl groups is 3. The molecule has 3 unspecified atom stereocenters. The van der Waals surface area contributed by atoms with Gasteiger partial charge < -0.3 is 30.5 Å². The monoisotopic (exact) mass is 193 g/mol. The van der Waals surface area contributed by atoms with E-state index >= 15 is 0 Å². The van der Waals surface area contributed by atoms with E-state index in [9.17, 15) is 15.3 Å². The number of hydrogen-bond donors (Lipinski definition) is 4. The lowest BCUT2D eigenvalue weighted by Crippen LogP contribution is -2.59. The molecule has 5 atom stereocenters. The van der Waals surface area contributed by atoms with E-state index in [4.69, 9.17) is 15.2 Å². The molecule has 0 amide bonds. The smallest absolute Gasteiger partial charge is 0.186 e. The molecule has 6 heteroatoms. The molecule has 1 rings (SSSR count). The highest BCUT2D eigenvalue weighted by molar-refractivity contribution is 4.89. The third-order valence-corrected chi connectivity index (χ3v) is 2.13. The first-order valence-corrected chi connectivity index (χ1v) is 4.04. The lowest BCUT2D eigenvalue weighted by molar-refractivity contribution is -0.287. The van der Waals surface area contributed by atoms with Crippen LogP contribution >= 0.6 is 0 Å². The highest BCUT2D eigenvalue weighted by Gasteiger charge is 2.43. The van der Waals surface area contributed by atoms with Crippen molar-refractivity contribution in [2.45, 2.75) is 30.7 Å². The second kappa shape index (κ2) is 4.32. The van der Waals surface area contributed by atoms with Crippen LogP contribution in [0.4, 0.5) is 0 Å². The van der Waals surface area contributed by atoms with Gasteiger partial charge in [-0.2, -0.15) is 0 Å². The molecule has 13 heavy (non-hydrogen) atoms. The summed E-state index contributed by atoms with van der Waals surface area (Å²) in [5.41, 5.74) is 5.28. The molecule has 5 N–H and O–H groups in total. The van der Waals surface area contributed by atoms with Gasteiger partial charge in [0.25, 0.3) is 0 Å². The average molecular weight is 193 g/mol. The van der Waals surface area contributed by atoms with Gasteiger partial charge in [-0.05, 0) is 0 Å². The maximum Gasteiger partial charge on any atom is 0.186 e. The van der Waals surface area contributed by atoms with Crippen molar-refractivity contribution in [3.05, 3.63) is 0 Å². The average Bonchev–Trinajstić information content (AvgIpc) is 2.15. The molecule has 1 saturated heterocycles. The molecule has 0 spiro atoms. The van der Waals surface area contributed by atoms with Crippen molar-refractivity contribution in [1.82, 2.24) is 0 Å². The van der Waals surface area contributed by atoms with Crippen LogP contribution in [0.1, 0.15) is 0 Å². The number of hydrogen-bond acceptors (Lipinski definition) is 6. The van der Waals surface area contributed by atoms with Crippen LogP contribution in [-0.2, 0) is 9.47 Å². The van der Waals surface area contributed by atoms with Crippen LogP contribution in [0, 0.1) is 0 Å². The quantitative estimate of drug-likeness (QED) is 0.383. The summed E-state index contributed by atoms with van der Waals surface area (Å²) in [5.74, 6) is 0. The van der Waals surface area contributed by atoms with Crippen molar-refractivity contribution in [2.75, 3.05) is 13.7 Å². The van der Waals surface area contributed by atoms with Gasteiger partial charge in [0.05, 0.1) is 0 Å². The van der Waals surface area contributed by atoms with Gasteiger partial charge in [-0.1, -0.05) is 0 Å². The molecule has 1 aliphatic rings. The number of methoxy groups -OCH3 is 1. The molecule has 1 aliphatic heterocycles. The summed E-state index contributed by atoms with van der Waals surface area (Å²) in [4.78, 5) is 0. The number of nitrogens with two attached hydrogens (primary N) is 1. The zero-order valence-electron chi connectivity index (χ0n) is 7.33. The summed E-state index contributed by atoms with van der Waals surface area (Å²) < 4.78 is 9.83. The normalized spacial score (nSPS) is 46.4. The Morgan fingerprint density at radius 2 is 1.85 bits per heavy atom. The van der Waals surface area contributed by atoms with Crippen molar-refractivity contribution in [2.24, 2.45) is 5.73 Å².